The van der Waals surface area contributed by atoms with Crippen molar-refractivity contribution in [1.29, 1.82) is 0 Å². The standard InChI is InChI=1S/C22H22ClF3N2O2/c23-19-11-16(9-14-5-7-27-8-6-14)10-17-13-28(21(29)20(17)19)12-15-1-3-18(4-2-15)30-22(24,25)26/h1-4,10-11,13-14,27,29H,5-9,12H2. The molecule has 8 heteroatoms. The molecule has 0 saturated carbocycles. The summed E-state index contributed by atoms with van der Waals surface area (Å²) in [7, 11) is 0. The summed E-state index contributed by atoms with van der Waals surface area (Å²) in [5.74, 6) is 0.380. The highest BCUT2D eigenvalue weighted by molar-refractivity contribution is 6.36. The summed E-state index contributed by atoms with van der Waals surface area (Å²) in [4.78, 5) is 0. The first-order valence-corrected chi connectivity index (χ1v) is 10.2. The molecular formula is C22H22ClF3N2O2. The Balaban J connectivity index is 1.54. The van der Waals surface area contributed by atoms with Crippen LogP contribution >= 0.6 is 11.6 Å². The van der Waals surface area contributed by atoms with Crippen molar-refractivity contribution in [3.8, 4) is 11.6 Å². The molecule has 2 heterocycles. The van der Waals surface area contributed by atoms with Crippen molar-refractivity contribution in [2.24, 2.45) is 5.92 Å². The quantitative estimate of drug-likeness (QED) is 0.553. The number of hydrogen-bond acceptors (Lipinski definition) is 3. The highest BCUT2D eigenvalue weighted by Gasteiger charge is 2.31. The average Bonchev–Trinajstić information content (AvgIpc) is 2.99. The molecule has 0 bridgehead atoms. The number of aromatic hydroxyl groups is 1. The molecule has 0 radical (unpaired) electrons. The topological polar surface area (TPSA) is 46.4 Å². The maximum absolute atomic E-state index is 12.3. The van der Waals surface area contributed by atoms with E-state index in [1.807, 2.05) is 12.3 Å². The van der Waals surface area contributed by atoms with Crippen LogP contribution in [0.5, 0.6) is 11.6 Å². The monoisotopic (exact) mass is 438 g/mol. The predicted octanol–water partition coefficient (Wildman–Crippen LogP) is 5.49. The number of piperidine rings is 1. The van der Waals surface area contributed by atoms with E-state index in [1.165, 1.54) is 24.3 Å². The zero-order valence-electron chi connectivity index (χ0n) is 16.2. The van der Waals surface area contributed by atoms with E-state index >= 15 is 0 Å². The molecule has 1 aromatic heterocycles. The third-order valence-electron chi connectivity index (χ3n) is 5.46. The van der Waals surface area contributed by atoms with Gasteiger partial charge in [-0.3, -0.25) is 0 Å². The smallest absolute Gasteiger partial charge is 0.494 e. The number of aromatic nitrogens is 1. The van der Waals surface area contributed by atoms with E-state index < -0.39 is 6.36 Å². The van der Waals surface area contributed by atoms with Crippen molar-refractivity contribution >= 4 is 22.4 Å². The molecule has 1 aliphatic heterocycles. The number of ether oxygens (including phenoxy) is 1. The molecule has 1 fully saturated rings. The van der Waals surface area contributed by atoms with Crippen LogP contribution in [0.2, 0.25) is 5.02 Å². The van der Waals surface area contributed by atoms with Gasteiger partial charge in [0.15, 0.2) is 0 Å². The molecule has 30 heavy (non-hydrogen) atoms. The fourth-order valence-corrected chi connectivity index (χ4v) is 4.38. The number of hydrogen-bond donors (Lipinski definition) is 2. The van der Waals surface area contributed by atoms with E-state index in [4.69, 9.17) is 11.6 Å². The van der Waals surface area contributed by atoms with E-state index in [2.05, 4.69) is 16.1 Å². The lowest BCUT2D eigenvalue weighted by molar-refractivity contribution is -0.274. The summed E-state index contributed by atoms with van der Waals surface area (Å²) in [5, 5.41) is 15.9. The molecule has 1 saturated heterocycles. The molecule has 4 nitrogen and oxygen atoms in total. The Kier molecular flexibility index (Phi) is 5.84. The highest BCUT2D eigenvalue weighted by atomic mass is 35.5. The van der Waals surface area contributed by atoms with E-state index in [1.54, 1.807) is 4.57 Å². The average molecular weight is 439 g/mol. The van der Waals surface area contributed by atoms with Gasteiger partial charge in [0, 0.05) is 11.6 Å². The number of rotatable bonds is 5. The lowest BCUT2D eigenvalue weighted by Crippen LogP contribution is -2.28. The number of benzene rings is 2. The van der Waals surface area contributed by atoms with Crippen LogP contribution < -0.4 is 10.1 Å². The normalized spacial score (nSPS) is 15.6. The van der Waals surface area contributed by atoms with Gasteiger partial charge < -0.3 is 19.7 Å². The van der Waals surface area contributed by atoms with Gasteiger partial charge in [-0.05, 0) is 73.7 Å². The molecular weight excluding hydrogens is 417 g/mol. The zero-order chi connectivity index (χ0) is 21.3. The van der Waals surface area contributed by atoms with Gasteiger partial charge in [0.1, 0.15) is 5.75 Å². The van der Waals surface area contributed by atoms with Gasteiger partial charge in [0.05, 0.1) is 17.0 Å². The molecule has 1 aliphatic rings. The summed E-state index contributed by atoms with van der Waals surface area (Å²) in [5.41, 5.74) is 1.87. The largest absolute Gasteiger partial charge is 0.573 e. The van der Waals surface area contributed by atoms with Gasteiger partial charge in [0.2, 0.25) is 5.88 Å². The summed E-state index contributed by atoms with van der Waals surface area (Å²) >= 11 is 6.48. The predicted molar refractivity (Wildman–Crippen MR) is 110 cm³/mol. The number of fused-ring (bicyclic) bond motifs is 1. The van der Waals surface area contributed by atoms with Crippen molar-refractivity contribution in [1.82, 2.24) is 9.88 Å². The van der Waals surface area contributed by atoms with Crippen LogP contribution in [0.4, 0.5) is 13.2 Å². The van der Waals surface area contributed by atoms with Crippen LogP contribution in [0.3, 0.4) is 0 Å². The highest BCUT2D eigenvalue weighted by Crippen LogP contribution is 2.36. The maximum Gasteiger partial charge on any atom is 0.573 e. The number of nitrogens with one attached hydrogen (secondary N) is 1. The molecule has 0 unspecified atom stereocenters. The maximum atomic E-state index is 12.3. The lowest BCUT2D eigenvalue weighted by atomic mass is 9.90. The number of halogens is 4. The Bertz CT molecular complexity index is 1030. The van der Waals surface area contributed by atoms with Crippen LogP contribution in [0, 0.1) is 5.92 Å². The van der Waals surface area contributed by atoms with Gasteiger partial charge >= 0.3 is 6.36 Å². The molecule has 3 aromatic rings. The van der Waals surface area contributed by atoms with Crippen LogP contribution in [0.1, 0.15) is 24.0 Å². The van der Waals surface area contributed by atoms with Crippen molar-refractivity contribution in [3.05, 3.63) is 58.7 Å². The Morgan fingerprint density at radius 3 is 2.47 bits per heavy atom. The Labute approximate surface area is 177 Å². The first-order chi connectivity index (χ1) is 14.3. The minimum absolute atomic E-state index is 0.0408. The van der Waals surface area contributed by atoms with E-state index in [9.17, 15) is 18.3 Å². The van der Waals surface area contributed by atoms with Gasteiger partial charge in [0.25, 0.3) is 0 Å². The fraction of sp³-hybridized carbons (Fsp3) is 0.364. The van der Waals surface area contributed by atoms with Crippen molar-refractivity contribution in [3.63, 3.8) is 0 Å². The first-order valence-electron chi connectivity index (χ1n) is 9.84. The first kappa shape index (κ1) is 20.9. The molecule has 2 N–H and O–H groups in total. The van der Waals surface area contributed by atoms with E-state index in [0.717, 1.165) is 48.9 Å². The fourth-order valence-electron chi connectivity index (χ4n) is 4.05. The second-order valence-electron chi connectivity index (χ2n) is 7.71. The van der Waals surface area contributed by atoms with Crippen molar-refractivity contribution in [2.75, 3.05) is 13.1 Å². The molecule has 0 atom stereocenters. The SMILES string of the molecule is Oc1c2c(Cl)cc(CC3CCNCC3)cc2cn1Cc1ccc(OC(F)(F)F)cc1. The van der Waals surface area contributed by atoms with Gasteiger partial charge in [-0.2, -0.15) is 0 Å². The van der Waals surface area contributed by atoms with Gasteiger partial charge in [-0.15, -0.1) is 13.2 Å². The van der Waals surface area contributed by atoms with Gasteiger partial charge in [-0.1, -0.05) is 23.7 Å². The second kappa shape index (κ2) is 8.40. The molecule has 0 amide bonds. The number of alkyl halides is 3. The third-order valence-corrected chi connectivity index (χ3v) is 5.76. The summed E-state index contributed by atoms with van der Waals surface area (Å²) in [6.45, 7) is 2.36. The lowest BCUT2D eigenvalue weighted by Gasteiger charge is -2.22. The third kappa shape index (κ3) is 4.84. The van der Waals surface area contributed by atoms with E-state index in [0.29, 0.717) is 22.9 Å². The zero-order valence-corrected chi connectivity index (χ0v) is 16.9. The Morgan fingerprint density at radius 2 is 1.80 bits per heavy atom. The minimum atomic E-state index is -4.72. The van der Waals surface area contributed by atoms with Crippen LogP contribution in [0.25, 0.3) is 10.8 Å². The van der Waals surface area contributed by atoms with Crippen molar-refractivity contribution < 1.29 is 23.0 Å². The summed E-state index contributed by atoms with van der Waals surface area (Å²) < 4.78 is 42.4. The van der Waals surface area contributed by atoms with Crippen molar-refractivity contribution in [2.45, 2.75) is 32.2 Å². The number of nitrogens with zero attached hydrogens (tertiary/aromatic N) is 1. The molecule has 0 spiro atoms. The van der Waals surface area contributed by atoms with Crippen LogP contribution in [-0.2, 0) is 13.0 Å². The summed E-state index contributed by atoms with van der Waals surface area (Å²) in [6.07, 6.45) is 0.318. The van der Waals surface area contributed by atoms with Gasteiger partial charge in [-0.25, -0.2) is 0 Å². The second-order valence-corrected chi connectivity index (χ2v) is 8.12. The molecule has 4 rings (SSSR count). The molecule has 0 aliphatic carbocycles. The van der Waals surface area contributed by atoms with Crippen LogP contribution in [-0.4, -0.2) is 29.1 Å². The molecule has 160 valence electrons. The summed E-state index contributed by atoms with van der Waals surface area (Å²) in [6, 6.07) is 9.56. The van der Waals surface area contributed by atoms with Crippen LogP contribution in [0.15, 0.2) is 42.6 Å². The van der Waals surface area contributed by atoms with E-state index in [-0.39, 0.29) is 11.6 Å². The Hall–Kier alpha value is -2.38. The Morgan fingerprint density at radius 1 is 1.10 bits per heavy atom. The molecule has 2 aromatic carbocycles. The minimum Gasteiger partial charge on any atom is -0.494 e.